The van der Waals surface area contributed by atoms with Crippen LogP contribution in [0.15, 0.2) is 65.6 Å². The second-order valence-corrected chi connectivity index (χ2v) is 7.91. The number of hydrogen-bond donors (Lipinski definition) is 2. The van der Waals surface area contributed by atoms with E-state index in [0.717, 1.165) is 24.0 Å². The predicted molar refractivity (Wildman–Crippen MR) is 125 cm³/mol. The number of hydrogen-bond acceptors (Lipinski definition) is 5. The van der Waals surface area contributed by atoms with Crippen LogP contribution >= 0.6 is 0 Å². The number of anilines is 2. The molecular weight excluding hydrogens is 406 g/mol. The maximum Gasteiger partial charge on any atom is 0.250 e. The predicted octanol–water partition coefficient (Wildman–Crippen LogP) is 4.18. The second kappa shape index (κ2) is 9.70. The maximum absolute atomic E-state index is 12.9. The van der Waals surface area contributed by atoms with Crippen LogP contribution in [0.2, 0.25) is 0 Å². The Hall–Kier alpha value is -3.58. The third-order valence-corrected chi connectivity index (χ3v) is 5.64. The summed E-state index contributed by atoms with van der Waals surface area (Å²) in [6.07, 6.45) is 4.07. The Morgan fingerprint density at radius 3 is 2.69 bits per heavy atom. The molecule has 1 saturated heterocycles. The van der Waals surface area contributed by atoms with Crippen LogP contribution in [0.1, 0.15) is 19.3 Å². The number of aryl methyl sites for hydroxylation is 1. The third kappa shape index (κ3) is 4.84. The molecule has 3 N–H and O–H groups in total. The molecule has 0 aliphatic carbocycles. The minimum absolute atomic E-state index is 0.0669. The molecule has 0 spiro atoms. The largest absolute Gasteiger partial charge is 0.454 e. The molecule has 3 aromatic rings. The normalized spacial score (nSPS) is 16.2. The molecule has 1 atom stereocenters. The molecule has 0 radical (unpaired) electrons. The summed E-state index contributed by atoms with van der Waals surface area (Å²) in [4.78, 5) is 24.7. The molecule has 7 heteroatoms. The van der Waals surface area contributed by atoms with Crippen LogP contribution in [0.5, 0.6) is 11.5 Å². The molecule has 166 valence electrons. The number of ether oxygens (including phenoxy) is 2. The van der Waals surface area contributed by atoms with Crippen molar-refractivity contribution in [2.75, 3.05) is 24.3 Å². The number of aromatic nitrogens is 1. The van der Waals surface area contributed by atoms with Gasteiger partial charge in [-0.1, -0.05) is 18.2 Å². The lowest BCUT2D eigenvalue weighted by Crippen LogP contribution is -2.23. The Balaban J connectivity index is 1.71. The molecule has 1 unspecified atom stereocenters. The minimum Gasteiger partial charge on any atom is -0.454 e. The van der Waals surface area contributed by atoms with E-state index in [0.29, 0.717) is 42.5 Å². The fourth-order valence-electron chi connectivity index (χ4n) is 3.81. The van der Waals surface area contributed by atoms with Crippen molar-refractivity contribution >= 4 is 17.3 Å². The van der Waals surface area contributed by atoms with Gasteiger partial charge in [-0.2, -0.15) is 0 Å². The molecule has 2 aromatic carbocycles. The highest BCUT2D eigenvalue weighted by Gasteiger charge is 2.23. The summed E-state index contributed by atoms with van der Waals surface area (Å²) in [5, 5.41) is 2.98. The summed E-state index contributed by atoms with van der Waals surface area (Å²) >= 11 is 0. The van der Waals surface area contributed by atoms with Gasteiger partial charge in [0.15, 0.2) is 5.75 Å². The number of amides is 1. The number of nitrogens with two attached hydrogens (primary N) is 1. The van der Waals surface area contributed by atoms with Crippen LogP contribution in [0.4, 0.5) is 11.4 Å². The number of nitrogens with one attached hydrogen (secondary N) is 1. The first kappa shape index (κ1) is 21.6. The summed E-state index contributed by atoms with van der Waals surface area (Å²) < 4.78 is 13.1. The second-order valence-electron chi connectivity index (χ2n) is 7.91. The molecule has 32 heavy (non-hydrogen) atoms. The Labute approximate surface area is 186 Å². The van der Waals surface area contributed by atoms with Crippen molar-refractivity contribution in [1.29, 1.82) is 0 Å². The molecule has 1 aliphatic rings. The van der Waals surface area contributed by atoms with E-state index >= 15 is 0 Å². The molecule has 1 fully saturated rings. The van der Waals surface area contributed by atoms with E-state index in [4.69, 9.17) is 15.2 Å². The highest BCUT2D eigenvalue weighted by atomic mass is 16.5. The van der Waals surface area contributed by atoms with E-state index in [1.807, 2.05) is 36.4 Å². The fraction of sp³-hybridized carbons (Fsp3) is 0.280. The lowest BCUT2D eigenvalue weighted by Gasteiger charge is -2.19. The van der Waals surface area contributed by atoms with Crippen molar-refractivity contribution in [3.63, 3.8) is 0 Å². The van der Waals surface area contributed by atoms with Crippen LogP contribution in [-0.2, 0) is 16.6 Å². The molecule has 4 rings (SSSR count). The molecule has 0 bridgehead atoms. The maximum atomic E-state index is 12.9. The molecule has 2 heterocycles. The first-order chi connectivity index (χ1) is 15.5. The fourth-order valence-corrected chi connectivity index (χ4v) is 3.81. The number of benzene rings is 2. The van der Waals surface area contributed by atoms with Gasteiger partial charge in [0.25, 0.3) is 0 Å². The van der Waals surface area contributed by atoms with Gasteiger partial charge in [0.1, 0.15) is 5.75 Å². The number of nitrogens with zero attached hydrogens (tertiary/aromatic N) is 1. The molecule has 7 nitrogen and oxygen atoms in total. The van der Waals surface area contributed by atoms with Crippen molar-refractivity contribution in [3.8, 4) is 22.6 Å². The number of nitrogen functional groups attached to an aromatic ring is 1. The SMILES string of the molecule is Cn1cc(-c2ccc(NC(=O)C3CCCOCC3)c(N)c2Oc2ccccc2)ccc1=O. The first-order valence-corrected chi connectivity index (χ1v) is 10.7. The first-order valence-electron chi connectivity index (χ1n) is 10.7. The number of rotatable bonds is 5. The summed E-state index contributed by atoms with van der Waals surface area (Å²) in [6.45, 7) is 1.27. The average Bonchev–Trinajstić information content (AvgIpc) is 3.09. The Kier molecular flexibility index (Phi) is 6.56. The Morgan fingerprint density at radius 2 is 1.91 bits per heavy atom. The Bertz CT molecular complexity index is 1150. The lowest BCUT2D eigenvalue weighted by atomic mass is 9.99. The average molecular weight is 434 g/mol. The molecule has 1 aliphatic heterocycles. The summed E-state index contributed by atoms with van der Waals surface area (Å²) in [5.74, 6) is 0.868. The zero-order chi connectivity index (χ0) is 22.5. The van der Waals surface area contributed by atoms with Gasteiger partial charge in [0.05, 0.1) is 11.4 Å². The van der Waals surface area contributed by atoms with Gasteiger partial charge >= 0.3 is 0 Å². The van der Waals surface area contributed by atoms with Gasteiger partial charge in [0, 0.05) is 49.6 Å². The van der Waals surface area contributed by atoms with Crippen molar-refractivity contribution in [3.05, 3.63) is 71.1 Å². The van der Waals surface area contributed by atoms with Crippen LogP contribution in [-0.4, -0.2) is 23.7 Å². The molecule has 0 saturated carbocycles. The van der Waals surface area contributed by atoms with Crippen molar-refractivity contribution < 1.29 is 14.3 Å². The van der Waals surface area contributed by atoms with Gasteiger partial charge in [0.2, 0.25) is 11.5 Å². The monoisotopic (exact) mass is 433 g/mol. The smallest absolute Gasteiger partial charge is 0.250 e. The van der Waals surface area contributed by atoms with Gasteiger partial charge in [-0.25, -0.2) is 0 Å². The standard InChI is InChI=1S/C25H27N3O4/c1-28-16-18(9-12-22(28)29)20-10-11-21(27-25(30)17-6-5-14-31-15-13-17)23(26)24(20)32-19-7-3-2-4-8-19/h2-4,7-12,16-17H,5-6,13-15,26H2,1H3,(H,27,30). The molecule has 1 aromatic heterocycles. The van der Waals surface area contributed by atoms with E-state index in [1.54, 1.807) is 25.4 Å². The lowest BCUT2D eigenvalue weighted by molar-refractivity contribution is -0.120. The van der Waals surface area contributed by atoms with Crippen LogP contribution in [0.25, 0.3) is 11.1 Å². The van der Waals surface area contributed by atoms with Gasteiger partial charge in [-0.05, 0) is 49.6 Å². The third-order valence-electron chi connectivity index (χ3n) is 5.64. The van der Waals surface area contributed by atoms with Gasteiger partial charge < -0.3 is 25.1 Å². The number of carbonyl (C=O) groups is 1. The van der Waals surface area contributed by atoms with Crippen molar-refractivity contribution in [2.24, 2.45) is 13.0 Å². The molecular formula is C25H27N3O4. The van der Waals surface area contributed by atoms with Crippen molar-refractivity contribution in [2.45, 2.75) is 19.3 Å². The van der Waals surface area contributed by atoms with E-state index < -0.39 is 0 Å². The zero-order valence-corrected chi connectivity index (χ0v) is 18.0. The number of pyridine rings is 1. The quantitative estimate of drug-likeness (QED) is 0.589. The van der Waals surface area contributed by atoms with E-state index in [1.165, 1.54) is 10.6 Å². The van der Waals surface area contributed by atoms with Crippen LogP contribution < -0.4 is 21.3 Å². The van der Waals surface area contributed by atoms with Gasteiger partial charge in [-0.3, -0.25) is 9.59 Å². The van der Waals surface area contributed by atoms with E-state index in [-0.39, 0.29) is 17.4 Å². The minimum atomic E-state index is -0.112. The molecule has 1 amide bonds. The summed E-state index contributed by atoms with van der Waals surface area (Å²) in [7, 11) is 1.69. The van der Waals surface area contributed by atoms with E-state index in [2.05, 4.69) is 5.32 Å². The van der Waals surface area contributed by atoms with Crippen LogP contribution in [0, 0.1) is 5.92 Å². The van der Waals surface area contributed by atoms with Crippen molar-refractivity contribution in [1.82, 2.24) is 4.57 Å². The Morgan fingerprint density at radius 1 is 1.09 bits per heavy atom. The highest BCUT2D eigenvalue weighted by molar-refractivity contribution is 5.98. The summed E-state index contributed by atoms with van der Waals surface area (Å²) in [5.41, 5.74) is 8.74. The zero-order valence-electron chi connectivity index (χ0n) is 18.0. The van der Waals surface area contributed by atoms with Crippen LogP contribution in [0.3, 0.4) is 0 Å². The number of carbonyl (C=O) groups excluding carboxylic acids is 1. The topological polar surface area (TPSA) is 95.6 Å². The summed E-state index contributed by atoms with van der Waals surface area (Å²) in [6, 6.07) is 16.2. The highest BCUT2D eigenvalue weighted by Crippen LogP contribution is 2.42. The van der Waals surface area contributed by atoms with E-state index in [9.17, 15) is 9.59 Å². The van der Waals surface area contributed by atoms with Gasteiger partial charge in [-0.15, -0.1) is 0 Å². The number of para-hydroxylation sites is 1.